The molecule has 290 valence electrons. The highest BCUT2D eigenvalue weighted by molar-refractivity contribution is 5.96. The van der Waals surface area contributed by atoms with Gasteiger partial charge in [0.15, 0.2) is 5.82 Å². The van der Waals surface area contributed by atoms with Crippen LogP contribution < -0.4 is 4.90 Å². The summed E-state index contributed by atoms with van der Waals surface area (Å²) < 4.78 is 0. The van der Waals surface area contributed by atoms with Gasteiger partial charge in [-0.15, -0.1) is 0 Å². The highest BCUT2D eigenvalue weighted by atomic mass is 15.2. The summed E-state index contributed by atoms with van der Waals surface area (Å²) in [7, 11) is 0. The van der Waals surface area contributed by atoms with Gasteiger partial charge in [0.2, 0.25) is 0 Å². The number of fused-ring (bicyclic) bond motifs is 9. The summed E-state index contributed by atoms with van der Waals surface area (Å²) in [4.78, 5) is 12.6. The third-order valence-electron chi connectivity index (χ3n) is 12.7. The second-order valence-electron chi connectivity index (χ2n) is 16.1. The molecule has 0 N–H and O–H groups in total. The lowest BCUT2D eigenvalue weighted by Gasteiger charge is -2.45. The molecule has 0 atom stereocenters. The van der Waals surface area contributed by atoms with Gasteiger partial charge in [0.05, 0.1) is 28.2 Å². The lowest BCUT2D eigenvalue weighted by atomic mass is 9.64. The molecule has 2 heterocycles. The van der Waals surface area contributed by atoms with Crippen molar-refractivity contribution in [2.24, 2.45) is 0 Å². The Morgan fingerprint density at radius 1 is 0.290 bits per heavy atom. The van der Waals surface area contributed by atoms with Crippen molar-refractivity contribution in [3.05, 3.63) is 259 Å². The third-order valence-corrected chi connectivity index (χ3v) is 12.7. The van der Waals surface area contributed by atoms with E-state index < -0.39 is 5.41 Å². The SMILES string of the molecule is c1ccc(-c2cc(-c3ccccc3)nc(-c3cccc(-c4ccc(-c5ccc6c(c5)C5(c7ccccc7-6)c6ccccc6N(c6ccccc6)c6ccccc65)cc4)c3)n2)cc1. The van der Waals surface area contributed by atoms with Crippen LogP contribution in [-0.4, -0.2) is 9.97 Å². The zero-order valence-electron chi connectivity index (χ0n) is 33.9. The van der Waals surface area contributed by atoms with Crippen LogP contribution >= 0.6 is 0 Å². The van der Waals surface area contributed by atoms with Gasteiger partial charge in [0.1, 0.15) is 0 Å². The lowest BCUT2D eigenvalue weighted by Crippen LogP contribution is -2.36. The van der Waals surface area contributed by atoms with E-state index in [4.69, 9.17) is 9.97 Å². The summed E-state index contributed by atoms with van der Waals surface area (Å²) in [6, 6.07) is 85.2. The minimum Gasteiger partial charge on any atom is -0.310 e. The van der Waals surface area contributed by atoms with Gasteiger partial charge in [0.25, 0.3) is 0 Å². The van der Waals surface area contributed by atoms with Crippen LogP contribution in [0.25, 0.3) is 67.3 Å². The fourth-order valence-electron chi connectivity index (χ4n) is 9.92. The number of rotatable bonds is 6. The highest BCUT2D eigenvalue weighted by Crippen LogP contribution is 2.63. The normalized spacial score (nSPS) is 12.9. The molecular formula is C59H39N3. The number of hydrogen-bond donors (Lipinski definition) is 0. The number of benzene rings is 9. The van der Waals surface area contributed by atoms with Crippen molar-refractivity contribution in [3.63, 3.8) is 0 Å². The van der Waals surface area contributed by atoms with E-state index in [1.54, 1.807) is 0 Å². The average Bonchev–Trinajstić information content (AvgIpc) is 3.65. The first-order chi connectivity index (χ1) is 30.7. The maximum absolute atomic E-state index is 5.10. The Morgan fingerprint density at radius 3 is 1.35 bits per heavy atom. The Bertz CT molecular complexity index is 3180. The van der Waals surface area contributed by atoms with Crippen LogP contribution in [-0.2, 0) is 5.41 Å². The molecule has 0 unspecified atom stereocenters. The van der Waals surface area contributed by atoms with Crippen LogP contribution in [0.1, 0.15) is 22.3 Å². The summed E-state index contributed by atoms with van der Waals surface area (Å²) in [5.41, 5.74) is 20.4. The van der Waals surface area contributed by atoms with Gasteiger partial charge in [-0.3, -0.25) is 0 Å². The van der Waals surface area contributed by atoms with E-state index in [1.165, 1.54) is 55.9 Å². The van der Waals surface area contributed by atoms with E-state index in [1.807, 2.05) is 12.1 Å². The molecule has 0 amide bonds. The first-order valence-electron chi connectivity index (χ1n) is 21.2. The van der Waals surface area contributed by atoms with Crippen molar-refractivity contribution in [1.29, 1.82) is 0 Å². The second kappa shape index (κ2) is 14.5. The molecule has 0 bridgehead atoms. The number of aromatic nitrogens is 2. The van der Waals surface area contributed by atoms with Crippen LogP contribution in [0.3, 0.4) is 0 Å². The summed E-state index contributed by atoms with van der Waals surface area (Å²) >= 11 is 0. The molecule has 1 aliphatic carbocycles. The molecule has 3 heteroatoms. The van der Waals surface area contributed by atoms with Crippen LogP contribution in [0, 0.1) is 0 Å². The smallest absolute Gasteiger partial charge is 0.160 e. The van der Waals surface area contributed by atoms with E-state index >= 15 is 0 Å². The van der Waals surface area contributed by atoms with E-state index in [0.29, 0.717) is 5.82 Å². The molecule has 0 saturated carbocycles. The molecule has 12 rings (SSSR count). The van der Waals surface area contributed by atoms with Gasteiger partial charge in [-0.05, 0) is 98.1 Å². The molecular weight excluding hydrogens is 751 g/mol. The van der Waals surface area contributed by atoms with E-state index in [9.17, 15) is 0 Å². The average molecular weight is 790 g/mol. The predicted octanol–water partition coefficient (Wildman–Crippen LogP) is 15.0. The molecule has 10 aromatic rings. The van der Waals surface area contributed by atoms with E-state index in [-0.39, 0.29) is 0 Å². The van der Waals surface area contributed by atoms with Crippen molar-refractivity contribution in [3.8, 4) is 67.3 Å². The van der Waals surface area contributed by atoms with Crippen molar-refractivity contribution in [2.75, 3.05) is 4.90 Å². The second-order valence-corrected chi connectivity index (χ2v) is 16.1. The van der Waals surface area contributed by atoms with Crippen molar-refractivity contribution >= 4 is 17.1 Å². The zero-order chi connectivity index (χ0) is 41.0. The third kappa shape index (κ3) is 5.67. The van der Waals surface area contributed by atoms with Crippen molar-refractivity contribution in [2.45, 2.75) is 5.41 Å². The van der Waals surface area contributed by atoms with Crippen LogP contribution in [0.5, 0.6) is 0 Å². The quantitative estimate of drug-likeness (QED) is 0.168. The maximum atomic E-state index is 5.10. The molecule has 62 heavy (non-hydrogen) atoms. The molecule has 0 radical (unpaired) electrons. The summed E-state index contributed by atoms with van der Waals surface area (Å²) in [5, 5.41) is 0. The van der Waals surface area contributed by atoms with Gasteiger partial charge in [-0.1, -0.05) is 194 Å². The van der Waals surface area contributed by atoms with Crippen LogP contribution in [0.4, 0.5) is 17.1 Å². The van der Waals surface area contributed by atoms with Gasteiger partial charge < -0.3 is 4.90 Å². The molecule has 0 fully saturated rings. The fourth-order valence-corrected chi connectivity index (χ4v) is 9.92. The first-order valence-corrected chi connectivity index (χ1v) is 21.2. The predicted molar refractivity (Wildman–Crippen MR) is 255 cm³/mol. The molecule has 1 aliphatic heterocycles. The Morgan fingerprint density at radius 2 is 0.742 bits per heavy atom. The molecule has 0 saturated heterocycles. The number of anilines is 3. The molecule has 1 aromatic heterocycles. The molecule has 2 aliphatic rings. The topological polar surface area (TPSA) is 29.0 Å². The largest absolute Gasteiger partial charge is 0.310 e. The number of para-hydroxylation sites is 3. The fraction of sp³-hybridized carbons (Fsp3) is 0.0169. The Balaban J connectivity index is 0.950. The minimum absolute atomic E-state index is 0.499. The summed E-state index contributed by atoms with van der Waals surface area (Å²) in [5.74, 6) is 0.703. The number of nitrogens with zero attached hydrogens (tertiary/aromatic N) is 3. The summed E-state index contributed by atoms with van der Waals surface area (Å²) in [6.07, 6.45) is 0. The van der Waals surface area contributed by atoms with Gasteiger partial charge in [0, 0.05) is 22.4 Å². The first kappa shape index (κ1) is 35.8. The standard InChI is InChI=1S/C59H39N3/c1-4-17-42(18-5-1)54-39-55(43-19-6-2-7-20-43)61-58(60-54)46-22-16-21-44(37-46)40-31-33-41(34-32-40)45-35-36-49-48-25-10-11-26-50(48)59(53(49)38-45)51-27-12-14-29-56(51)62(47-23-8-3-9-24-47)57-30-15-13-28-52(57)59/h1-39H. The van der Waals surface area contributed by atoms with Crippen LogP contribution in [0.2, 0.25) is 0 Å². The summed E-state index contributed by atoms with van der Waals surface area (Å²) in [6.45, 7) is 0. The van der Waals surface area contributed by atoms with Crippen molar-refractivity contribution in [1.82, 2.24) is 9.97 Å². The molecule has 3 nitrogen and oxygen atoms in total. The van der Waals surface area contributed by atoms with Gasteiger partial charge >= 0.3 is 0 Å². The van der Waals surface area contributed by atoms with E-state index in [2.05, 4.69) is 229 Å². The van der Waals surface area contributed by atoms with Gasteiger partial charge in [-0.2, -0.15) is 0 Å². The monoisotopic (exact) mass is 789 g/mol. The van der Waals surface area contributed by atoms with E-state index in [0.717, 1.165) is 44.9 Å². The highest BCUT2D eigenvalue weighted by Gasteiger charge is 2.51. The molecule has 1 spiro atoms. The minimum atomic E-state index is -0.499. The Labute approximate surface area is 361 Å². The van der Waals surface area contributed by atoms with Gasteiger partial charge in [-0.25, -0.2) is 9.97 Å². The van der Waals surface area contributed by atoms with Crippen molar-refractivity contribution < 1.29 is 0 Å². The maximum Gasteiger partial charge on any atom is 0.160 e. The number of hydrogen-bond acceptors (Lipinski definition) is 3. The lowest BCUT2D eigenvalue weighted by molar-refractivity contribution is 0.753. The Hall–Kier alpha value is -8.14. The zero-order valence-corrected chi connectivity index (χ0v) is 33.9. The molecule has 9 aromatic carbocycles. The Kier molecular flexibility index (Phi) is 8.39. The van der Waals surface area contributed by atoms with Crippen LogP contribution in [0.15, 0.2) is 237 Å².